The van der Waals surface area contributed by atoms with E-state index in [1.807, 2.05) is 30.7 Å². The average molecular weight is 414 g/mol. The number of hydrogen-bond acceptors (Lipinski definition) is 9. The van der Waals surface area contributed by atoms with E-state index in [0.717, 1.165) is 18.4 Å². The third kappa shape index (κ3) is 4.37. The van der Waals surface area contributed by atoms with Gasteiger partial charge in [-0.3, -0.25) is 0 Å². The van der Waals surface area contributed by atoms with E-state index >= 15 is 0 Å². The van der Waals surface area contributed by atoms with E-state index in [4.69, 9.17) is 9.26 Å². The van der Waals surface area contributed by atoms with Crippen LogP contribution in [0.25, 0.3) is 22.8 Å². The lowest BCUT2D eigenvalue weighted by Gasteiger charge is -2.32. The summed E-state index contributed by atoms with van der Waals surface area (Å²) < 4.78 is 10.6. The highest BCUT2D eigenvalue weighted by molar-refractivity contribution is 7.08. The Morgan fingerprint density at radius 3 is 2.93 bits per heavy atom. The van der Waals surface area contributed by atoms with Crippen LogP contribution in [0.5, 0.6) is 0 Å². The highest BCUT2D eigenvalue weighted by Gasteiger charge is 2.25. The number of carbonyl (C=O) groups is 1. The molecular weight excluding hydrogens is 392 g/mol. The molecule has 1 N–H and O–H groups in total. The second kappa shape index (κ2) is 8.56. The molecule has 4 rings (SSSR count). The Labute approximate surface area is 172 Å². The number of ether oxygens (including phenoxy) is 1. The molecule has 0 aromatic carbocycles. The lowest BCUT2D eigenvalue weighted by Crippen LogP contribution is -2.42. The molecule has 0 aliphatic carbocycles. The maximum absolute atomic E-state index is 11.9. The molecule has 0 bridgehead atoms. The van der Waals surface area contributed by atoms with Gasteiger partial charge in [-0.1, -0.05) is 5.16 Å². The van der Waals surface area contributed by atoms with Crippen LogP contribution in [0.2, 0.25) is 0 Å². The number of thiophene rings is 1. The molecule has 0 unspecified atom stereocenters. The molecule has 1 fully saturated rings. The fraction of sp³-hybridized carbons (Fsp3) is 0.421. The van der Waals surface area contributed by atoms with Gasteiger partial charge in [-0.05, 0) is 38.1 Å². The molecule has 1 saturated heterocycles. The molecule has 0 radical (unpaired) electrons. The molecular formula is C19H22N6O3S. The van der Waals surface area contributed by atoms with Crippen molar-refractivity contribution in [3.05, 3.63) is 28.8 Å². The molecule has 3 aromatic heterocycles. The summed E-state index contributed by atoms with van der Waals surface area (Å²) in [6, 6.07) is 2.12. The average Bonchev–Trinajstić information content (AvgIpc) is 3.41. The van der Waals surface area contributed by atoms with Gasteiger partial charge in [0.25, 0.3) is 5.89 Å². The first kappa shape index (κ1) is 19.3. The summed E-state index contributed by atoms with van der Waals surface area (Å²) in [5.74, 6) is 2.22. The number of nitrogens with zero attached hydrogens (tertiary/aromatic N) is 5. The maximum atomic E-state index is 11.9. The number of likely N-dealkylation sites (tertiary alicyclic amines) is 1. The predicted octanol–water partition coefficient (Wildman–Crippen LogP) is 3.60. The lowest BCUT2D eigenvalue weighted by atomic mass is 10.1. The van der Waals surface area contributed by atoms with Crippen LogP contribution < -0.4 is 5.32 Å². The largest absolute Gasteiger partial charge is 0.450 e. The second-order valence-electron chi connectivity index (χ2n) is 6.72. The number of amides is 1. The van der Waals surface area contributed by atoms with Gasteiger partial charge in [0.15, 0.2) is 0 Å². The standard InChI is InChI=1S/C19H22N6O3S/c1-3-27-19(26)25-7-4-14(5-8-25)22-17-15(10-20-12(2)21-17)18-23-16(24-28-18)13-6-9-29-11-13/h6,9-11,14H,3-5,7-8H2,1-2H3,(H,20,21,22). The van der Waals surface area contributed by atoms with E-state index in [0.29, 0.717) is 48.6 Å². The minimum atomic E-state index is -0.253. The van der Waals surface area contributed by atoms with Gasteiger partial charge in [-0.2, -0.15) is 16.3 Å². The fourth-order valence-corrected chi connectivity index (χ4v) is 3.83. The van der Waals surface area contributed by atoms with Crippen molar-refractivity contribution in [2.45, 2.75) is 32.7 Å². The van der Waals surface area contributed by atoms with Crippen LogP contribution in [0, 0.1) is 6.92 Å². The number of aryl methyl sites for hydroxylation is 1. The highest BCUT2D eigenvalue weighted by atomic mass is 32.1. The van der Waals surface area contributed by atoms with Gasteiger partial charge in [-0.15, -0.1) is 0 Å². The molecule has 0 atom stereocenters. The molecule has 0 spiro atoms. The number of hydrogen-bond donors (Lipinski definition) is 1. The number of aromatic nitrogens is 4. The Hall–Kier alpha value is -3.01. The molecule has 4 heterocycles. The zero-order valence-electron chi connectivity index (χ0n) is 16.3. The summed E-state index contributed by atoms with van der Waals surface area (Å²) in [5.41, 5.74) is 1.58. The molecule has 152 valence electrons. The van der Waals surface area contributed by atoms with Crippen LogP contribution >= 0.6 is 11.3 Å². The quantitative estimate of drug-likeness (QED) is 0.675. The summed E-state index contributed by atoms with van der Waals surface area (Å²) in [7, 11) is 0. The smallest absolute Gasteiger partial charge is 0.409 e. The molecule has 9 nitrogen and oxygen atoms in total. The normalized spacial score (nSPS) is 14.8. The van der Waals surface area contributed by atoms with Crippen molar-refractivity contribution in [3.8, 4) is 22.8 Å². The van der Waals surface area contributed by atoms with Gasteiger partial charge in [0, 0.05) is 36.3 Å². The van der Waals surface area contributed by atoms with E-state index in [1.54, 1.807) is 22.4 Å². The first-order valence-electron chi connectivity index (χ1n) is 9.52. The molecule has 1 aliphatic heterocycles. The Balaban J connectivity index is 1.49. The summed E-state index contributed by atoms with van der Waals surface area (Å²) >= 11 is 1.58. The van der Waals surface area contributed by atoms with Crippen molar-refractivity contribution in [2.75, 3.05) is 25.0 Å². The molecule has 3 aromatic rings. The van der Waals surface area contributed by atoms with Crippen LogP contribution in [-0.4, -0.2) is 56.8 Å². The number of nitrogens with one attached hydrogen (secondary N) is 1. The monoisotopic (exact) mass is 414 g/mol. The van der Waals surface area contributed by atoms with Crippen molar-refractivity contribution in [2.24, 2.45) is 0 Å². The molecule has 1 aliphatic rings. The van der Waals surface area contributed by atoms with E-state index in [2.05, 4.69) is 25.4 Å². The van der Waals surface area contributed by atoms with Gasteiger partial charge in [0.1, 0.15) is 17.2 Å². The van der Waals surface area contributed by atoms with Crippen molar-refractivity contribution in [1.82, 2.24) is 25.0 Å². The van der Waals surface area contributed by atoms with Crippen LogP contribution in [0.1, 0.15) is 25.6 Å². The molecule has 10 heteroatoms. The van der Waals surface area contributed by atoms with E-state index in [9.17, 15) is 4.79 Å². The van der Waals surface area contributed by atoms with Crippen molar-refractivity contribution in [1.29, 1.82) is 0 Å². The summed E-state index contributed by atoms with van der Waals surface area (Å²) in [6.45, 7) is 5.31. The summed E-state index contributed by atoms with van der Waals surface area (Å²) in [4.78, 5) is 27.0. The van der Waals surface area contributed by atoms with Gasteiger partial charge >= 0.3 is 6.09 Å². The van der Waals surface area contributed by atoms with Crippen molar-refractivity contribution in [3.63, 3.8) is 0 Å². The second-order valence-corrected chi connectivity index (χ2v) is 7.50. The molecule has 29 heavy (non-hydrogen) atoms. The predicted molar refractivity (Wildman–Crippen MR) is 109 cm³/mol. The van der Waals surface area contributed by atoms with Crippen LogP contribution in [0.3, 0.4) is 0 Å². The van der Waals surface area contributed by atoms with Crippen LogP contribution in [0.4, 0.5) is 10.6 Å². The molecule has 0 saturated carbocycles. The zero-order valence-corrected chi connectivity index (χ0v) is 17.1. The number of anilines is 1. The SMILES string of the molecule is CCOC(=O)N1CCC(Nc2nc(C)ncc2-c2nc(-c3ccsc3)no2)CC1. The first-order chi connectivity index (χ1) is 14.1. The Bertz CT molecular complexity index is 966. The minimum Gasteiger partial charge on any atom is -0.450 e. The van der Waals surface area contributed by atoms with Gasteiger partial charge in [-0.25, -0.2) is 14.8 Å². The fourth-order valence-electron chi connectivity index (χ4n) is 3.19. The van der Waals surface area contributed by atoms with E-state index in [1.165, 1.54) is 0 Å². The minimum absolute atomic E-state index is 0.174. The third-order valence-corrected chi connectivity index (χ3v) is 5.39. The van der Waals surface area contributed by atoms with Gasteiger partial charge < -0.3 is 19.5 Å². The lowest BCUT2D eigenvalue weighted by molar-refractivity contribution is 0.0983. The summed E-state index contributed by atoms with van der Waals surface area (Å²) in [5, 5.41) is 11.5. The number of piperidine rings is 1. The van der Waals surface area contributed by atoms with Crippen LogP contribution in [0.15, 0.2) is 27.5 Å². The Morgan fingerprint density at radius 2 is 2.21 bits per heavy atom. The number of carbonyl (C=O) groups excluding carboxylic acids is 1. The van der Waals surface area contributed by atoms with E-state index in [-0.39, 0.29) is 12.1 Å². The van der Waals surface area contributed by atoms with E-state index < -0.39 is 0 Å². The Kier molecular flexibility index (Phi) is 5.70. The zero-order chi connectivity index (χ0) is 20.2. The van der Waals surface area contributed by atoms with Crippen LogP contribution in [-0.2, 0) is 4.74 Å². The van der Waals surface area contributed by atoms with Gasteiger partial charge in [0.2, 0.25) is 5.82 Å². The maximum Gasteiger partial charge on any atom is 0.409 e. The summed E-state index contributed by atoms with van der Waals surface area (Å²) in [6.07, 6.45) is 3.04. The highest BCUT2D eigenvalue weighted by Crippen LogP contribution is 2.29. The number of rotatable bonds is 5. The van der Waals surface area contributed by atoms with Crippen molar-refractivity contribution < 1.29 is 14.1 Å². The third-order valence-electron chi connectivity index (χ3n) is 4.71. The first-order valence-corrected chi connectivity index (χ1v) is 10.5. The topological polar surface area (TPSA) is 106 Å². The van der Waals surface area contributed by atoms with Crippen molar-refractivity contribution >= 4 is 23.2 Å². The Morgan fingerprint density at radius 1 is 1.38 bits per heavy atom. The van der Waals surface area contributed by atoms with Gasteiger partial charge in [0.05, 0.1) is 6.61 Å². The molecule has 1 amide bonds.